The number of aromatic nitrogens is 3. The van der Waals surface area contributed by atoms with E-state index in [9.17, 15) is 26.4 Å². The molecule has 0 saturated carbocycles. The predicted molar refractivity (Wildman–Crippen MR) is 149 cm³/mol. The smallest absolute Gasteiger partial charge is 0.365 e. The van der Waals surface area contributed by atoms with Crippen LogP contribution in [0, 0.1) is 0 Å². The molecule has 1 amide bonds. The maximum atomic E-state index is 13.9. The molecule has 1 saturated heterocycles. The van der Waals surface area contributed by atoms with E-state index < -0.39 is 33.2 Å². The molecule has 0 spiro atoms. The molecular formula is C26H31F3N8O3S. The van der Waals surface area contributed by atoms with Crippen molar-refractivity contribution in [2.75, 3.05) is 41.2 Å². The van der Waals surface area contributed by atoms with Crippen LogP contribution in [0.2, 0.25) is 0 Å². The molecule has 220 valence electrons. The minimum Gasteiger partial charge on any atom is -0.365 e. The summed E-state index contributed by atoms with van der Waals surface area (Å²) in [7, 11) is -1.73. The number of benzene rings is 1. The number of carbonyl (C=O) groups excluding carboxylic acids is 1. The van der Waals surface area contributed by atoms with Crippen molar-refractivity contribution < 1.29 is 26.4 Å². The van der Waals surface area contributed by atoms with Crippen molar-refractivity contribution >= 4 is 33.5 Å². The Kier molecular flexibility index (Phi) is 8.97. The first-order valence-corrected chi connectivity index (χ1v) is 14.5. The maximum absolute atomic E-state index is 13.9. The average Bonchev–Trinajstić information content (AvgIpc) is 2.94. The Labute approximate surface area is 236 Å². The number of alkyl halides is 3. The molecule has 2 aromatic heterocycles. The summed E-state index contributed by atoms with van der Waals surface area (Å²) in [6.45, 7) is 2.47. The summed E-state index contributed by atoms with van der Waals surface area (Å²) in [5.74, 6) is -1.17. The van der Waals surface area contributed by atoms with Gasteiger partial charge in [-0.15, -0.1) is 0 Å². The van der Waals surface area contributed by atoms with Crippen LogP contribution in [0.5, 0.6) is 0 Å². The topological polar surface area (TPSA) is 141 Å². The number of hydrogen-bond acceptors (Lipinski definition) is 9. The van der Waals surface area contributed by atoms with Gasteiger partial charge in [0.2, 0.25) is 16.0 Å². The van der Waals surface area contributed by atoms with Crippen molar-refractivity contribution in [1.82, 2.24) is 25.2 Å². The predicted octanol–water partition coefficient (Wildman–Crippen LogP) is 3.53. The second-order valence-electron chi connectivity index (χ2n) is 9.65. The van der Waals surface area contributed by atoms with Crippen molar-refractivity contribution in [3.8, 4) is 0 Å². The Morgan fingerprint density at radius 1 is 1.05 bits per heavy atom. The molecule has 3 heterocycles. The van der Waals surface area contributed by atoms with Crippen LogP contribution < -0.4 is 20.7 Å². The van der Waals surface area contributed by atoms with Gasteiger partial charge in [0.1, 0.15) is 22.9 Å². The Morgan fingerprint density at radius 2 is 1.76 bits per heavy atom. The number of hydrogen-bond donors (Lipinski definition) is 4. The number of rotatable bonds is 10. The van der Waals surface area contributed by atoms with Crippen LogP contribution in [0.3, 0.4) is 0 Å². The Balaban J connectivity index is 1.61. The number of pyridine rings is 1. The van der Waals surface area contributed by atoms with Gasteiger partial charge in [-0.05, 0) is 32.2 Å². The highest BCUT2D eigenvalue weighted by atomic mass is 32.2. The molecule has 1 aliphatic rings. The molecule has 4 rings (SSSR count). The Bertz CT molecular complexity index is 1460. The zero-order valence-electron chi connectivity index (χ0n) is 22.5. The number of sulfonamides is 1. The molecule has 0 aliphatic carbocycles. The number of nitrogens with zero attached hydrogens (tertiary/aromatic N) is 4. The van der Waals surface area contributed by atoms with Gasteiger partial charge in [0.05, 0.1) is 5.75 Å². The SMILES string of the molecule is CCS(=O)(=O)Nc1ncccc1CNc1nc(NC2(NC(=O)c3ccccc3)CCN(C)CC2)ncc1C(F)(F)F. The molecule has 1 aromatic carbocycles. The second-order valence-corrected chi connectivity index (χ2v) is 11.7. The van der Waals surface area contributed by atoms with Gasteiger partial charge in [0.15, 0.2) is 0 Å². The molecule has 3 aromatic rings. The fourth-order valence-corrected chi connectivity index (χ4v) is 4.85. The van der Waals surface area contributed by atoms with Gasteiger partial charge >= 0.3 is 6.18 Å². The zero-order valence-corrected chi connectivity index (χ0v) is 23.3. The van der Waals surface area contributed by atoms with E-state index >= 15 is 0 Å². The third-order valence-electron chi connectivity index (χ3n) is 6.64. The van der Waals surface area contributed by atoms with Gasteiger partial charge in [0, 0.05) is 56.0 Å². The van der Waals surface area contributed by atoms with E-state index in [1.54, 1.807) is 30.3 Å². The number of carbonyl (C=O) groups is 1. The lowest BCUT2D eigenvalue weighted by molar-refractivity contribution is -0.137. The van der Waals surface area contributed by atoms with Crippen molar-refractivity contribution in [3.63, 3.8) is 0 Å². The quantitative estimate of drug-likeness (QED) is 0.260. The molecule has 11 nitrogen and oxygen atoms in total. The Hall–Kier alpha value is -3.98. The van der Waals surface area contributed by atoms with Gasteiger partial charge in [0.25, 0.3) is 5.91 Å². The Morgan fingerprint density at radius 3 is 2.41 bits per heavy atom. The molecule has 15 heteroatoms. The van der Waals surface area contributed by atoms with E-state index in [1.807, 2.05) is 7.05 Å². The highest BCUT2D eigenvalue weighted by Gasteiger charge is 2.38. The lowest BCUT2D eigenvalue weighted by atomic mass is 9.96. The molecular weight excluding hydrogens is 561 g/mol. The minimum absolute atomic E-state index is 0.00304. The first-order chi connectivity index (χ1) is 19.4. The van der Waals surface area contributed by atoms with Crippen molar-refractivity contribution in [3.05, 3.63) is 71.5 Å². The fraction of sp³-hybridized carbons (Fsp3) is 0.385. The van der Waals surface area contributed by atoms with Crippen molar-refractivity contribution in [2.24, 2.45) is 0 Å². The summed E-state index contributed by atoms with van der Waals surface area (Å²) < 4.78 is 68.1. The lowest BCUT2D eigenvalue weighted by Crippen LogP contribution is -2.59. The molecule has 1 aliphatic heterocycles. The van der Waals surface area contributed by atoms with Crippen molar-refractivity contribution in [1.29, 1.82) is 0 Å². The number of halogens is 3. The van der Waals surface area contributed by atoms with Gasteiger partial charge < -0.3 is 20.9 Å². The summed E-state index contributed by atoms with van der Waals surface area (Å²) in [4.78, 5) is 27.2. The second kappa shape index (κ2) is 12.3. The largest absolute Gasteiger partial charge is 0.421 e. The first-order valence-electron chi connectivity index (χ1n) is 12.9. The molecule has 0 bridgehead atoms. The molecule has 1 fully saturated rings. The van der Waals surface area contributed by atoms with Crippen LogP contribution in [0.1, 0.15) is 41.3 Å². The average molecular weight is 593 g/mol. The molecule has 0 radical (unpaired) electrons. The highest BCUT2D eigenvalue weighted by molar-refractivity contribution is 7.92. The minimum atomic E-state index is -4.77. The highest BCUT2D eigenvalue weighted by Crippen LogP contribution is 2.35. The third-order valence-corrected chi connectivity index (χ3v) is 7.91. The summed E-state index contributed by atoms with van der Waals surface area (Å²) in [6, 6.07) is 11.7. The zero-order chi connectivity index (χ0) is 29.7. The normalized spacial score (nSPS) is 15.6. The van der Waals surface area contributed by atoms with Gasteiger partial charge in [-0.25, -0.2) is 18.4 Å². The molecule has 4 N–H and O–H groups in total. The summed E-state index contributed by atoms with van der Waals surface area (Å²) in [5.41, 5.74) is -1.36. The number of anilines is 3. The van der Waals surface area contributed by atoms with Crippen LogP contribution >= 0.6 is 0 Å². The van der Waals surface area contributed by atoms with Crippen molar-refractivity contribution in [2.45, 2.75) is 38.1 Å². The third kappa shape index (κ3) is 7.82. The molecule has 0 atom stereocenters. The number of nitrogens with one attached hydrogen (secondary N) is 4. The summed E-state index contributed by atoms with van der Waals surface area (Å²) >= 11 is 0. The lowest BCUT2D eigenvalue weighted by Gasteiger charge is -2.41. The van der Waals surface area contributed by atoms with Gasteiger partial charge in [-0.3, -0.25) is 9.52 Å². The van der Waals surface area contributed by atoms with Gasteiger partial charge in [-0.1, -0.05) is 24.3 Å². The van der Waals surface area contributed by atoms with Crippen LogP contribution in [-0.2, 0) is 22.7 Å². The summed E-state index contributed by atoms with van der Waals surface area (Å²) in [6.07, 6.45) is -1.83. The monoisotopic (exact) mass is 592 g/mol. The van der Waals surface area contributed by atoms with Crippen LogP contribution in [0.25, 0.3) is 0 Å². The molecule has 0 unspecified atom stereocenters. The number of likely N-dealkylation sites (tertiary alicyclic amines) is 1. The number of piperidine rings is 1. The standard InChI is InChI=1S/C26H31F3N8O3S/c1-3-41(39,40)36-21-19(10-7-13-30-21)16-31-22-20(26(27,28)29)17-32-24(33-22)35-25(11-14-37(2)15-12-25)34-23(38)18-8-5-4-6-9-18/h4-10,13,17H,3,11-12,14-16H2,1-2H3,(H,30,36)(H,34,38)(H2,31,32,33,35). The van der Waals surface area contributed by atoms with Gasteiger partial charge in [-0.2, -0.15) is 18.2 Å². The van der Waals surface area contributed by atoms with E-state index in [-0.39, 0.29) is 30.0 Å². The fourth-order valence-electron chi connectivity index (χ4n) is 4.23. The van der Waals surface area contributed by atoms with Crippen LogP contribution in [0.4, 0.5) is 30.8 Å². The maximum Gasteiger partial charge on any atom is 0.421 e. The van der Waals surface area contributed by atoms with E-state index in [2.05, 4.69) is 40.5 Å². The molecule has 41 heavy (non-hydrogen) atoms. The van der Waals surface area contributed by atoms with Crippen LogP contribution in [-0.4, -0.2) is 65.7 Å². The van der Waals surface area contributed by atoms with E-state index in [0.29, 0.717) is 43.3 Å². The van der Waals surface area contributed by atoms with E-state index in [4.69, 9.17) is 0 Å². The number of amides is 1. The van der Waals surface area contributed by atoms with Crippen LogP contribution in [0.15, 0.2) is 54.9 Å². The van der Waals surface area contributed by atoms with E-state index in [0.717, 1.165) is 0 Å². The van der Waals surface area contributed by atoms with E-state index in [1.165, 1.54) is 25.3 Å². The first kappa shape index (κ1) is 30.0. The summed E-state index contributed by atoms with van der Waals surface area (Å²) in [5, 5.41) is 8.76.